The van der Waals surface area contributed by atoms with Gasteiger partial charge in [-0.25, -0.2) is 0 Å². The molecule has 0 saturated carbocycles. The summed E-state index contributed by atoms with van der Waals surface area (Å²) in [5.41, 5.74) is 15.5. The molecule has 12 rings (SSSR count). The minimum atomic E-state index is 0.889. The molecule has 0 saturated heterocycles. The van der Waals surface area contributed by atoms with Crippen LogP contribution in [0.1, 0.15) is 0 Å². The number of para-hydroxylation sites is 5. The summed E-state index contributed by atoms with van der Waals surface area (Å²) in [7, 11) is 0. The highest BCUT2D eigenvalue weighted by Gasteiger charge is 2.20. The minimum Gasteiger partial charge on any atom is -0.456 e. The largest absolute Gasteiger partial charge is 0.456 e. The molecular formula is C58H38N2O. The maximum Gasteiger partial charge on any atom is 0.135 e. The number of rotatable bonds is 7. The molecule has 2 heterocycles. The lowest BCUT2D eigenvalue weighted by molar-refractivity contribution is 0.669. The summed E-state index contributed by atoms with van der Waals surface area (Å²) >= 11 is 0. The van der Waals surface area contributed by atoms with Crippen molar-refractivity contribution in [3.63, 3.8) is 0 Å². The SMILES string of the molecule is c1ccc(N(c2ccc(-c3ccc4ccccc4c3)cc2)c2ccc(-c3ccccc3-n3c4ccccc4c4ccccc43)cc2)c(-c2ccc3oc4ccccc4c3c2)c1. The van der Waals surface area contributed by atoms with Gasteiger partial charge in [0, 0.05) is 44.0 Å². The number of fused-ring (bicyclic) bond motifs is 7. The Kier molecular flexibility index (Phi) is 8.17. The average Bonchev–Trinajstić information content (AvgIpc) is 3.88. The molecule has 0 bridgehead atoms. The Morgan fingerprint density at radius 1 is 0.328 bits per heavy atom. The molecule has 0 amide bonds. The first-order valence-corrected chi connectivity index (χ1v) is 20.8. The molecule has 0 aliphatic heterocycles. The van der Waals surface area contributed by atoms with Crippen LogP contribution in [0.2, 0.25) is 0 Å². The molecule has 0 spiro atoms. The third kappa shape index (κ3) is 5.90. The zero-order valence-corrected chi connectivity index (χ0v) is 33.2. The summed E-state index contributed by atoms with van der Waals surface area (Å²) < 4.78 is 8.65. The summed E-state index contributed by atoms with van der Waals surface area (Å²) in [5.74, 6) is 0. The van der Waals surface area contributed by atoms with Gasteiger partial charge in [-0.05, 0) is 106 Å². The molecule has 3 heteroatoms. The molecular weight excluding hydrogens is 741 g/mol. The van der Waals surface area contributed by atoms with Gasteiger partial charge in [0.2, 0.25) is 0 Å². The second kappa shape index (κ2) is 14.3. The van der Waals surface area contributed by atoms with Gasteiger partial charge in [0.05, 0.1) is 22.4 Å². The molecule has 61 heavy (non-hydrogen) atoms. The van der Waals surface area contributed by atoms with Gasteiger partial charge in [-0.2, -0.15) is 0 Å². The van der Waals surface area contributed by atoms with Crippen LogP contribution in [-0.4, -0.2) is 4.57 Å². The van der Waals surface area contributed by atoms with Gasteiger partial charge >= 0.3 is 0 Å². The summed E-state index contributed by atoms with van der Waals surface area (Å²) in [6, 6.07) is 83.0. The van der Waals surface area contributed by atoms with Crippen LogP contribution < -0.4 is 4.90 Å². The van der Waals surface area contributed by atoms with Gasteiger partial charge in [-0.1, -0.05) is 158 Å². The summed E-state index contributed by atoms with van der Waals surface area (Å²) in [4.78, 5) is 2.39. The number of hydrogen-bond acceptors (Lipinski definition) is 2. The van der Waals surface area contributed by atoms with Crippen molar-refractivity contribution in [1.29, 1.82) is 0 Å². The van der Waals surface area contributed by atoms with Crippen LogP contribution in [0.15, 0.2) is 235 Å². The molecule has 0 unspecified atom stereocenters. The average molecular weight is 779 g/mol. The maximum atomic E-state index is 6.24. The highest BCUT2D eigenvalue weighted by atomic mass is 16.3. The van der Waals surface area contributed by atoms with E-state index in [0.29, 0.717) is 0 Å². The third-order valence-electron chi connectivity index (χ3n) is 12.2. The molecule has 3 nitrogen and oxygen atoms in total. The van der Waals surface area contributed by atoms with Crippen molar-refractivity contribution in [3.8, 4) is 39.1 Å². The monoisotopic (exact) mass is 778 g/mol. The minimum absolute atomic E-state index is 0.889. The van der Waals surface area contributed by atoms with Gasteiger partial charge in [0.25, 0.3) is 0 Å². The normalized spacial score (nSPS) is 11.6. The zero-order chi connectivity index (χ0) is 40.3. The van der Waals surface area contributed by atoms with Crippen LogP contribution in [-0.2, 0) is 0 Å². The van der Waals surface area contributed by atoms with E-state index in [0.717, 1.165) is 61.4 Å². The van der Waals surface area contributed by atoms with E-state index in [2.05, 4.69) is 228 Å². The maximum absolute atomic E-state index is 6.24. The lowest BCUT2D eigenvalue weighted by Gasteiger charge is -2.28. The van der Waals surface area contributed by atoms with Crippen molar-refractivity contribution in [2.45, 2.75) is 0 Å². The molecule has 0 aliphatic carbocycles. The number of anilines is 3. The molecule has 286 valence electrons. The predicted molar refractivity (Wildman–Crippen MR) is 257 cm³/mol. The second-order valence-electron chi connectivity index (χ2n) is 15.7. The van der Waals surface area contributed by atoms with Gasteiger partial charge in [0.1, 0.15) is 11.2 Å². The van der Waals surface area contributed by atoms with E-state index >= 15 is 0 Å². The molecule has 12 aromatic rings. The smallest absolute Gasteiger partial charge is 0.135 e. The van der Waals surface area contributed by atoms with Gasteiger partial charge in [-0.15, -0.1) is 0 Å². The van der Waals surface area contributed by atoms with Crippen molar-refractivity contribution in [3.05, 3.63) is 231 Å². The van der Waals surface area contributed by atoms with Crippen LogP contribution in [0, 0.1) is 0 Å². The standard InChI is InChI=1S/C58H38N2O/c1-2-14-42-37-43(26-25-39(42)13-1)40-27-32-45(33-28-40)59(53-20-8-4-16-48(53)44-31-36-58-52(38-44)51-19-7-12-24-57(51)61-58)46-34-29-41(30-35-46)47-15-3-9-21-54(47)60-55-22-10-5-17-49(55)50-18-6-11-23-56(50)60/h1-38H. The van der Waals surface area contributed by atoms with Crippen LogP contribution in [0.4, 0.5) is 17.1 Å². The Balaban J connectivity index is 0.995. The summed E-state index contributed by atoms with van der Waals surface area (Å²) in [6.45, 7) is 0. The first-order valence-electron chi connectivity index (χ1n) is 20.8. The van der Waals surface area contributed by atoms with Crippen molar-refractivity contribution in [1.82, 2.24) is 4.57 Å². The predicted octanol–water partition coefficient (Wildman–Crippen LogP) is 16.3. The second-order valence-corrected chi connectivity index (χ2v) is 15.7. The van der Waals surface area contributed by atoms with Crippen LogP contribution in [0.5, 0.6) is 0 Å². The van der Waals surface area contributed by atoms with E-state index in [1.807, 2.05) is 12.1 Å². The molecule has 0 aliphatic rings. The van der Waals surface area contributed by atoms with Crippen LogP contribution in [0.25, 0.3) is 93.6 Å². The molecule has 0 radical (unpaired) electrons. The molecule has 2 aromatic heterocycles. The fraction of sp³-hybridized carbons (Fsp3) is 0. The zero-order valence-electron chi connectivity index (χ0n) is 33.2. The number of hydrogen-bond donors (Lipinski definition) is 0. The van der Waals surface area contributed by atoms with Crippen molar-refractivity contribution in [2.24, 2.45) is 0 Å². The van der Waals surface area contributed by atoms with Crippen LogP contribution in [0.3, 0.4) is 0 Å². The van der Waals surface area contributed by atoms with E-state index in [1.54, 1.807) is 0 Å². The van der Waals surface area contributed by atoms with E-state index in [1.165, 1.54) is 49.3 Å². The van der Waals surface area contributed by atoms with Gasteiger partial charge < -0.3 is 13.9 Å². The highest BCUT2D eigenvalue weighted by Crippen LogP contribution is 2.44. The Morgan fingerprint density at radius 3 is 1.62 bits per heavy atom. The van der Waals surface area contributed by atoms with Gasteiger partial charge in [-0.3, -0.25) is 0 Å². The van der Waals surface area contributed by atoms with E-state index in [9.17, 15) is 0 Å². The first-order chi connectivity index (χ1) is 30.2. The Hall–Kier alpha value is -8.14. The number of benzene rings is 10. The third-order valence-corrected chi connectivity index (χ3v) is 12.2. The number of furan rings is 1. The van der Waals surface area contributed by atoms with Crippen LogP contribution >= 0.6 is 0 Å². The fourth-order valence-electron chi connectivity index (χ4n) is 9.29. The first kappa shape index (κ1) is 34.9. The Bertz CT molecular complexity index is 3540. The van der Waals surface area contributed by atoms with Crippen molar-refractivity contribution >= 4 is 71.6 Å². The fourth-order valence-corrected chi connectivity index (χ4v) is 9.29. The molecule has 0 fully saturated rings. The molecule has 0 atom stereocenters. The number of nitrogens with zero attached hydrogens (tertiary/aromatic N) is 2. The lowest BCUT2D eigenvalue weighted by atomic mass is 9.98. The van der Waals surface area contributed by atoms with E-state index in [-0.39, 0.29) is 0 Å². The molecule has 10 aromatic carbocycles. The Morgan fingerprint density at radius 2 is 0.869 bits per heavy atom. The Labute approximate surface area is 353 Å². The highest BCUT2D eigenvalue weighted by molar-refractivity contribution is 6.10. The molecule has 0 N–H and O–H groups in total. The lowest BCUT2D eigenvalue weighted by Crippen LogP contribution is -2.11. The topological polar surface area (TPSA) is 21.3 Å². The van der Waals surface area contributed by atoms with Crippen molar-refractivity contribution in [2.75, 3.05) is 4.90 Å². The van der Waals surface area contributed by atoms with Crippen molar-refractivity contribution < 1.29 is 4.42 Å². The summed E-state index contributed by atoms with van der Waals surface area (Å²) in [5, 5.41) is 7.22. The van der Waals surface area contributed by atoms with E-state index < -0.39 is 0 Å². The quantitative estimate of drug-likeness (QED) is 0.161. The van der Waals surface area contributed by atoms with Gasteiger partial charge in [0.15, 0.2) is 0 Å². The number of aromatic nitrogens is 1. The van der Waals surface area contributed by atoms with E-state index in [4.69, 9.17) is 4.42 Å². The summed E-state index contributed by atoms with van der Waals surface area (Å²) in [6.07, 6.45) is 0.